The van der Waals surface area contributed by atoms with Crippen molar-refractivity contribution in [1.29, 1.82) is 0 Å². The fraction of sp³-hybridized carbons (Fsp3) is 0.188. The maximum Gasteiger partial charge on any atom is 0.311 e. The zero-order valence-corrected chi connectivity index (χ0v) is 13.6. The van der Waals surface area contributed by atoms with Crippen LogP contribution in [0.15, 0.2) is 42.5 Å². The molecule has 0 heterocycles. The van der Waals surface area contributed by atoms with E-state index in [1.807, 2.05) is 0 Å². The number of nitro groups is 1. The molecule has 126 valence electrons. The average Bonchev–Trinajstić information content (AvgIpc) is 2.56. The molecule has 2 aromatic carbocycles. The van der Waals surface area contributed by atoms with Crippen molar-refractivity contribution >= 4 is 29.0 Å². The summed E-state index contributed by atoms with van der Waals surface area (Å²) in [5, 5.41) is 13.5. The van der Waals surface area contributed by atoms with Gasteiger partial charge in [0, 0.05) is 11.8 Å². The van der Waals surface area contributed by atoms with Crippen LogP contribution in [0.25, 0.3) is 0 Å². The molecule has 6 nitrogen and oxygen atoms in total. The zero-order valence-electron chi connectivity index (χ0n) is 12.8. The van der Waals surface area contributed by atoms with Gasteiger partial charge in [0.15, 0.2) is 5.75 Å². The standard InChI is InChI=1S/C16H15FN2O4S/c1-23-15-7-6-11(8-14(15)19(21)22)9-24-10-16(20)18-13-5-3-2-4-12(13)17/h2-8H,9-10H2,1H3,(H,18,20). The maximum atomic E-state index is 13.4. The van der Waals surface area contributed by atoms with Crippen molar-refractivity contribution in [1.82, 2.24) is 0 Å². The molecule has 0 aliphatic carbocycles. The molecule has 2 rings (SSSR count). The Bertz CT molecular complexity index is 755. The van der Waals surface area contributed by atoms with Gasteiger partial charge in [-0.25, -0.2) is 4.39 Å². The van der Waals surface area contributed by atoms with Gasteiger partial charge in [-0.05, 0) is 23.8 Å². The van der Waals surface area contributed by atoms with Crippen LogP contribution in [0.4, 0.5) is 15.8 Å². The lowest BCUT2D eigenvalue weighted by Crippen LogP contribution is -2.15. The molecule has 24 heavy (non-hydrogen) atoms. The predicted molar refractivity (Wildman–Crippen MR) is 90.8 cm³/mol. The van der Waals surface area contributed by atoms with Crippen LogP contribution in [0, 0.1) is 15.9 Å². The maximum absolute atomic E-state index is 13.4. The van der Waals surface area contributed by atoms with Gasteiger partial charge < -0.3 is 10.1 Å². The van der Waals surface area contributed by atoms with E-state index in [0.717, 1.165) is 0 Å². The summed E-state index contributed by atoms with van der Waals surface area (Å²) in [7, 11) is 1.36. The third-order valence-electron chi connectivity index (χ3n) is 3.09. The highest BCUT2D eigenvalue weighted by Crippen LogP contribution is 2.29. The Morgan fingerprint density at radius 3 is 2.75 bits per heavy atom. The molecule has 0 radical (unpaired) electrons. The molecule has 0 atom stereocenters. The van der Waals surface area contributed by atoms with Crippen LogP contribution in [0.5, 0.6) is 5.75 Å². The molecule has 0 saturated heterocycles. The molecule has 0 aromatic heterocycles. The summed E-state index contributed by atoms with van der Waals surface area (Å²) in [6.45, 7) is 0. The number of anilines is 1. The number of nitrogens with zero attached hydrogens (tertiary/aromatic N) is 1. The van der Waals surface area contributed by atoms with Crippen molar-refractivity contribution in [2.75, 3.05) is 18.2 Å². The second kappa shape index (κ2) is 8.30. The normalized spacial score (nSPS) is 10.2. The van der Waals surface area contributed by atoms with E-state index in [2.05, 4.69) is 5.32 Å². The van der Waals surface area contributed by atoms with E-state index in [1.165, 1.54) is 49.2 Å². The first kappa shape index (κ1) is 17.7. The number of carbonyl (C=O) groups excluding carboxylic acids is 1. The number of rotatable bonds is 7. The van der Waals surface area contributed by atoms with Crippen molar-refractivity contribution in [3.05, 3.63) is 64.0 Å². The van der Waals surface area contributed by atoms with E-state index in [-0.39, 0.29) is 28.8 Å². The number of nitrogens with one attached hydrogen (secondary N) is 1. The van der Waals surface area contributed by atoms with Crippen LogP contribution >= 0.6 is 11.8 Å². The highest BCUT2D eigenvalue weighted by molar-refractivity contribution is 7.99. The van der Waals surface area contributed by atoms with Gasteiger partial charge in [-0.3, -0.25) is 14.9 Å². The smallest absolute Gasteiger partial charge is 0.311 e. The number of nitro benzene ring substituents is 1. The summed E-state index contributed by atoms with van der Waals surface area (Å²) >= 11 is 1.28. The molecule has 0 spiro atoms. The third-order valence-corrected chi connectivity index (χ3v) is 4.09. The molecule has 8 heteroatoms. The van der Waals surface area contributed by atoms with E-state index in [0.29, 0.717) is 11.3 Å². The van der Waals surface area contributed by atoms with Crippen molar-refractivity contribution in [3.8, 4) is 5.75 Å². The van der Waals surface area contributed by atoms with Crippen LogP contribution in [0.2, 0.25) is 0 Å². The molecule has 1 amide bonds. The highest BCUT2D eigenvalue weighted by atomic mass is 32.2. The van der Waals surface area contributed by atoms with Crippen LogP contribution in [0.1, 0.15) is 5.56 Å². The molecule has 0 unspecified atom stereocenters. The van der Waals surface area contributed by atoms with Crippen molar-refractivity contribution in [2.24, 2.45) is 0 Å². The molecular formula is C16H15FN2O4S. The van der Waals surface area contributed by atoms with Gasteiger partial charge in [0.2, 0.25) is 5.91 Å². The van der Waals surface area contributed by atoms with E-state index in [9.17, 15) is 19.3 Å². The number of benzene rings is 2. The van der Waals surface area contributed by atoms with Crippen molar-refractivity contribution in [3.63, 3.8) is 0 Å². The Morgan fingerprint density at radius 1 is 1.33 bits per heavy atom. The van der Waals surface area contributed by atoms with Crippen molar-refractivity contribution in [2.45, 2.75) is 5.75 Å². The minimum absolute atomic E-state index is 0.105. The van der Waals surface area contributed by atoms with Crippen LogP contribution in [-0.4, -0.2) is 23.7 Å². The summed E-state index contributed by atoms with van der Waals surface area (Å²) in [4.78, 5) is 22.3. The first-order valence-electron chi connectivity index (χ1n) is 6.94. The average molecular weight is 350 g/mol. The number of amides is 1. The van der Waals surface area contributed by atoms with E-state index < -0.39 is 10.7 Å². The number of hydrogen-bond acceptors (Lipinski definition) is 5. The van der Waals surface area contributed by atoms with Gasteiger partial charge in [0.1, 0.15) is 5.82 Å². The van der Waals surface area contributed by atoms with Gasteiger partial charge in [0.25, 0.3) is 0 Å². The van der Waals surface area contributed by atoms with E-state index >= 15 is 0 Å². The Morgan fingerprint density at radius 2 is 2.08 bits per heavy atom. The van der Waals surface area contributed by atoms with E-state index in [1.54, 1.807) is 12.1 Å². The number of halogens is 1. The van der Waals surface area contributed by atoms with Crippen molar-refractivity contribution < 1.29 is 18.8 Å². The summed E-state index contributed by atoms with van der Waals surface area (Å²) < 4.78 is 18.4. The van der Waals surface area contributed by atoms with Gasteiger partial charge >= 0.3 is 5.69 Å². The highest BCUT2D eigenvalue weighted by Gasteiger charge is 2.15. The Hall–Kier alpha value is -2.61. The predicted octanol–water partition coefficient (Wildman–Crippen LogP) is 3.61. The fourth-order valence-electron chi connectivity index (χ4n) is 1.98. The number of methoxy groups -OCH3 is 1. The molecule has 0 fully saturated rings. The minimum atomic E-state index is -0.516. The van der Waals surface area contributed by atoms with Gasteiger partial charge in [0.05, 0.1) is 23.5 Å². The van der Waals surface area contributed by atoms with Crippen LogP contribution in [-0.2, 0) is 10.5 Å². The Labute approximate surface area is 142 Å². The van der Waals surface area contributed by atoms with Gasteiger partial charge in [-0.2, -0.15) is 0 Å². The lowest BCUT2D eigenvalue weighted by molar-refractivity contribution is -0.385. The number of para-hydroxylation sites is 1. The molecule has 0 aliphatic rings. The minimum Gasteiger partial charge on any atom is -0.490 e. The quantitative estimate of drug-likeness (QED) is 0.609. The molecule has 0 bridgehead atoms. The summed E-state index contributed by atoms with van der Waals surface area (Å²) in [5.74, 6) is -0.135. The number of hydrogen-bond donors (Lipinski definition) is 1. The number of thioether (sulfide) groups is 1. The largest absolute Gasteiger partial charge is 0.490 e. The molecule has 0 aliphatic heterocycles. The van der Waals surface area contributed by atoms with Crippen LogP contribution in [0.3, 0.4) is 0 Å². The van der Waals surface area contributed by atoms with Gasteiger partial charge in [-0.1, -0.05) is 18.2 Å². The lowest BCUT2D eigenvalue weighted by atomic mass is 10.2. The molecular weight excluding hydrogens is 335 g/mol. The third kappa shape index (κ3) is 4.69. The molecule has 2 aromatic rings. The first-order chi connectivity index (χ1) is 11.5. The summed E-state index contributed by atoms with van der Waals surface area (Å²) in [5.41, 5.74) is 0.709. The summed E-state index contributed by atoms with van der Waals surface area (Å²) in [6.07, 6.45) is 0. The molecule has 0 saturated carbocycles. The second-order valence-electron chi connectivity index (χ2n) is 4.78. The van der Waals surface area contributed by atoms with Gasteiger partial charge in [-0.15, -0.1) is 11.8 Å². The SMILES string of the molecule is COc1ccc(CSCC(=O)Nc2ccccc2F)cc1[N+](=O)[O-]. The first-order valence-corrected chi connectivity index (χ1v) is 8.10. The number of carbonyl (C=O) groups is 1. The summed E-state index contributed by atoms with van der Waals surface area (Å²) in [6, 6.07) is 10.5. The monoisotopic (exact) mass is 350 g/mol. The zero-order chi connectivity index (χ0) is 17.5. The second-order valence-corrected chi connectivity index (χ2v) is 5.77. The lowest BCUT2D eigenvalue weighted by Gasteiger charge is -2.07. The molecule has 1 N–H and O–H groups in total. The van der Waals surface area contributed by atoms with E-state index in [4.69, 9.17) is 4.74 Å². The number of ether oxygens (including phenoxy) is 1. The van der Waals surface area contributed by atoms with Crippen LogP contribution < -0.4 is 10.1 Å². The topological polar surface area (TPSA) is 81.5 Å². The Balaban J connectivity index is 1.90. The fourth-order valence-corrected chi connectivity index (χ4v) is 2.75. The Kier molecular flexibility index (Phi) is 6.14.